The molecule has 2 heterocycles. The topological polar surface area (TPSA) is 58.4 Å². The molecule has 2 rings (SSSR count). The van der Waals surface area contributed by atoms with Gasteiger partial charge in [-0.3, -0.25) is 10.1 Å². The van der Waals surface area contributed by atoms with Gasteiger partial charge in [-0.25, -0.2) is 0 Å². The van der Waals surface area contributed by atoms with Gasteiger partial charge in [-0.1, -0.05) is 11.3 Å². The van der Waals surface area contributed by atoms with E-state index in [0.717, 1.165) is 26.2 Å². The van der Waals surface area contributed by atoms with E-state index in [1.165, 1.54) is 24.2 Å². The largest absolute Gasteiger partial charge is 0.377 e. The van der Waals surface area contributed by atoms with Crippen molar-refractivity contribution >= 4 is 22.0 Å². The molecule has 16 heavy (non-hydrogen) atoms. The maximum atomic E-state index is 10.7. The lowest BCUT2D eigenvalue weighted by atomic mass is 10.4. The zero-order valence-electron chi connectivity index (χ0n) is 9.02. The van der Waals surface area contributed by atoms with Crippen LogP contribution >= 0.6 is 11.3 Å². The molecule has 0 saturated carbocycles. The molecule has 0 unspecified atom stereocenters. The van der Waals surface area contributed by atoms with Crippen LogP contribution in [0.3, 0.4) is 0 Å². The summed E-state index contributed by atoms with van der Waals surface area (Å²) in [5, 5.41) is 15.8. The molecule has 6 heteroatoms. The fourth-order valence-corrected chi connectivity index (χ4v) is 2.62. The molecule has 0 spiro atoms. The van der Waals surface area contributed by atoms with E-state index in [1.54, 1.807) is 11.4 Å². The van der Waals surface area contributed by atoms with Crippen molar-refractivity contribution in [2.45, 2.75) is 12.8 Å². The summed E-state index contributed by atoms with van der Waals surface area (Å²) in [7, 11) is 0. The third-order valence-electron chi connectivity index (χ3n) is 2.75. The van der Waals surface area contributed by atoms with Crippen molar-refractivity contribution in [3.8, 4) is 0 Å². The van der Waals surface area contributed by atoms with Crippen LogP contribution in [0.15, 0.2) is 11.4 Å². The standard InChI is InChI=1S/C10H15N3O2S/c14-13(15)10-9(3-8-16-10)11-4-7-12-5-1-2-6-12/h3,8,11H,1-2,4-7H2. The van der Waals surface area contributed by atoms with Crippen molar-refractivity contribution in [1.82, 2.24) is 4.90 Å². The Bertz CT molecular complexity index is 361. The van der Waals surface area contributed by atoms with Crippen molar-refractivity contribution in [3.05, 3.63) is 21.6 Å². The summed E-state index contributed by atoms with van der Waals surface area (Å²) in [6.07, 6.45) is 2.55. The summed E-state index contributed by atoms with van der Waals surface area (Å²) < 4.78 is 0. The summed E-state index contributed by atoms with van der Waals surface area (Å²) in [6, 6.07) is 1.77. The van der Waals surface area contributed by atoms with Crippen LogP contribution in [0.4, 0.5) is 10.7 Å². The molecule has 1 aliphatic heterocycles. The highest BCUT2D eigenvalue weighted by Gasteiger charge is 2.15. The van der Waals surface area contributed by atoms with Gasteiger partial charge in [0, 0.05) is 13.1 Å². The number of nitrogens with one attached hydrogen (secondary N) is 1. The molecule has 0 radical (unpaired) electrons. The first-order chi connectivity index (χ1) is 7.77. The number of hydrogen-bond donors (Lipinski definition) is 1. The van der Waals surface area contributed by atoms with Crippen molar-refractivity contribution in [3.63, 3.8) is 0 Å². The van der Waals surface area contributed by atoms with Gasteiger partial charge in [-0.2, -0.15) is 0 Å². The van der Waals surface area contributed by atoms with Crippen LogP contribution in [0.1, 0.15) is 12.8 Å². The SMILES string of the molecule is O=[N+]([O-])c1sccc1NCCN1CCCC1. The molecule has 0 atom stereocenters. The smallest absolute Gasteiger partial charge is 0.347 e. The van der Waals surface area contributed by atoms with Gasteiger partial charge in [-0.05, 0) is 37.4 Å². The van der Waals surface area contributed by atoms with Crippen LogP contribution < -0.4 is 5.32 Å². The Morgan fingerprint density at radius 3 is 2.94 bits per heavy atom. The number of thiophene rings is 1. The molecular weight excluding hydrogens is 226 g/mol. The molecular formula is C10H15N3O2S. The third-order valence-corrected chi connectivity index (χ3v) is 3.62. The minimum Gasteiger partial charge on any atom is -0.377 e. The Balaban J connectivity index is 1.80. The maximum absolute atomic E-state index is 10.7. The minimum absolute atomic E-state index is 0.210. The van der Waals surface area contributed by atoms with Gasteiger partial charge in [0.25, 0.3) is 0 Å². The summed E-state index contributed by atoms with van der Waals surface area (Å²) >= 11 is 1.17. The van der Waals surface area contributed by atoms with Crippen LogP contribution in [-0.4, -0.2) is 36.0 Å². The third kappa shape index (κ3) is 2.70. The Labute approximate surface area is 98.2 Å². The van der Waals surface area contributed by atoms with Crippen molar-refractivity contribution < 1.29 is 4.92 Å². The highest BCUT2D eigenvalue weighted by Crippen LogP contribution is 2.30. The van der Waals surface area contributed by atoms with Crippen LogP contribution in [0.2, 0.25) is 0 Å². The van der Waals surface area contributed by atoms with Crippen molar-refractivity contribution in [1.29, 1.82) is 0 Å². The van der Waals surface area contributed by atoms with Crippen molar-refractivity contribution in [2.24, 2.45) is 0 Å². The Kier molecular flexibility index (Phi) is 3.74. The quantitative estimate of drug-likeness (QED) is 0.634. The zero-order valence-corrected chi connectivity index (χ0v) is 9.83. The Hall–Kier alpha value is -1.14. The van der Waals surface area contributed by atoms with Gasteiger partial charge in [0.15, 0.2) is 0 Å². The van der Waals surface area contributed by atoms with E-state index in [4.69, 9.17) is 0 Å². The first kappa shape index (κ1) is 11.3. The number of nitrogens with zero attached hydrogens (tertiary/aromatic N) is 2. The highest BCUT2D eigenvalue weighted by atomic mass is 32.1. The summed E-state index contributed by atoms with van der Waals surface area (Å²) in [5.41, 5.74) is 0.647. The van der Waals surface area contributed by atoms with Crippen LogP contribution in [0.25, 0.3) is 0 Å². The second-order valence-corrected chi connectivity index (χ2v) is 4.77. The van der Waals surface area contributed by atoms with Gasteiger partial charge < -0.3 is 10.2 Å². The molecule has 1 fully saturated rings. The van der Waals surface area contributed by atoms with Gasteiger partial charge in [0.1, 0.15) is 5.69 Å². The maximum Gasteiger partial charge on any atom is 0.347 e. The van der Waals surface area contributed by atoms with E-state index in [2.05, 4.69) is 10.2 Å². The number of hydrogen-bond acceptors (Lipinski definition) is 5. The van der Waals surface area contributed by atoms with Crippen LogP contribution in [0.5, 0.6) is 0 Å². The molecule has 0 bridgehead atoms. The lowest BCUT2D eigenvalue weighted by Crippen LogP contribution is -2.25. The lowest BCUT2D eigenvalue weighted by Gasteiger charge is -2.14. The van der Waals surface area contributed by atoms with Gasteiger partial charge in [0.05, 0.1) is 4.92 Å². The molecule has 1 aromatic heterocycles. The molecule has 0 aromatic carbocycles. The normalized spacial score (nSPS) is 16.5. The molecule has 1 aliphatic rings. The van der Waals surface area contributed by atoms with Gasteiger partial charge >= 0.3 is 5.00 Å². The number of rotatable bonds is 5. The van der Waals surface area contributed by atoms with Gasteiger partial charge in [0.2, 0.25) is 0 Å². The van der Waals surface area contributed by atoms with Crippen LogP contribution in [-0.2, 0) is 0 Å². The van der Waals surface area contributed by atoms with Gasteiger partial charge in [-0.15, -0.1) is 0 Å². The fraction of sp³-hybridized carbons (Fsp3) is 0.600. The van der Waals surface area contributed by atoms with E-state index >= 15 is 0 Å². The Morgan fingerprint density at radius 1 is 1.50 bits per heavy atom. The van der Waals surface area contributed by atoms with E-state index in [0.29, 0.717) is 5.69 Å². The summed E-state index contributed by atoms with van der Waals surface area (Å²) in [6.45, 7) is 4.06. The first-order valence-corrected chi connectivity index (χ1v) is 6.33. The average Bonchev–Trinajstić information content (AvgIpc) is 2.87. The molecule has 1 aromatic rings. The zero-order chi connectivity index (χ0) is 11.4. The molecule has 1 saturated heterocycles. The van der Waals surface area contributed by atoms with Crippen molar-refractivity contribution in [2.75, 3.05) is 31.5 Å². The molecule has 88 valence electrons. The fourth-order valence-electron chi connectivity index (χ4n) is 1.93. The van der Waals surface area contributed by atoms with E-state index in [1.807, 2.05) is 0 Å². The first-order valence-electron chi connectivity index (χ1n) is 5.45. The summed E-state index contributed by atoms with van der Waals surface area (Å²) in [4.78, 5) is 12.7. The number of likely N-dealkylation sites (tertiary alicyclic amines) is 1. The van der Waals surface area contributed by atoms with E-state index < -0.39 is 0 Å². The molecule has 1 N–H and O–H groups in total. The summed E-state index contributed by atoms with van der Waals surface area (Å²) in [5.74, 6) is 0. The number of anilines is 1. The predicted octanol–water partition coefficient (Wildman–Crippen LogP) is 2.16. The molecule has 5 nitrogen and oxygen atoms in total. The predicted molar refractivity (Wildman–Crippen MR) is 65.1 cm³/mol. The van der Waals surface area contributed by atoms with E-state index in [9.17, 15) is 10.1 Å². The molecule has 0 aliphatic carbocycles. The average molecular weight is 241 g/mol. The van der Waals surface area contributed by atoms with Crippen LogP contribution in [0, 0.1) is 10.1 Å². The second kappa shape index (κ2) is 5.27. The second-order valence-electron chi connectivity index (χ2n) is 3.87. The molecule has 0 amide bonds. The number of nitro groups is 1. The lowest BCUT2D eigenvalue weighted by molar-refractivity contribution is -0.379. The minimum atomic E-state index is -0.331. The van der Waals surface area contributed by atoms with E-state index in [-0.39, 0.29) is 9.92 Å². The highest BCUT2D eigenvalue weighted by molar-refractivity contribution is 7.14. The Morgan fingerprint density at radius 2 is 2.25 bits per heavy atom. The monoisotopic (exact) mass is 241 g/mol.